The van der Waals surface area contributed by atoms with Crippen LogP contribution in [0.5, 0.6) is 0 Å². The van der Waals surface area contributed by atoms with Crippen LogP contribution in [0.1, 0.15) is 39.5 Å². The van der Waals surface area contributed by atoms with Crippen molar-refractivity contribution >= 4 is 17.7 Å². The van der Waals surface area contributed by atoms with E-state index in [1.54, 1.807) is 11.8 Å². The zero-order valence-corrected chi connectivity index (χ0v) is 12.3. The van der Waals surface area contributed by atoms with Gasteiger partial charge in [-0.05, 0) is 38.5 Å². The molecule has 3 rings (SSSR count). The van der Waals surface area contributed by atoms with E-state index in [0.717, 1.165) is 19.3 Å². The van der Waals surface area contributed by atoms with E-state index in [4.69, 9.17) is 5.73 Å². The first kappa shape index (κ1) is 13.7. The van der Waals surface area contributed by atoms with E-state index in [9.17, 15) is 9.90 Å². The standard InChI is InChI=1S/C13H23N3O2S/c1-3-12(2)10(18)16-11(19-12)15-9-4-7-5-13(9,14)6-8(7)17/h7-9,11,15,17H,3-6,14H2,1-2H3,(H,16,18)/t7-,8-,9-,11-,12?,13-/m0/s1. The van der Waals surface area contributed by atoms with Crippen molar-refractivity contribution in [3.05, 3.63) is 0 Å². The summed E-state index contributed by atoms with van der Waals surface area (Å²) in [7, 11) is 0. The lowest BCUT2D eigenvalue weighted by molar-refractivity contribution is -0.122. The van der Waals surface area contributed by atoms with Crippen LogP contribution in [0.25, 0.3) is 0 Å². The Bertz CT molecular complexity index is 403. The van der Waals surface area contributed by atoms with Crippen LogP contribution in [0.3, 0.4) is 0 Å². The molecule has 3 fully saturated rings. The van der Waals surface area contributed by atoms with Crippen LogP contribution >= 0.6 is 11.8 Å². The number of aliphatic hydroxyl groups is 1. The SMILES string of the molecule is CCC1(C)S[C@@H](N[C@H]2C[C@H]3C[C@]2(N)C[C@@H]3O)NC1=O. The summed E-state index contributed by atoms with van der Waals surface area (Å²) < 4.78 is -0.337. The summed E-state index contributed by atoms with van der Waals surface area (Å²) in [4.78, 5) is 12.0. The Labute approximate surface area is 118 Å². The molecule has 19 heavy (non-hydrogen) atoms. The molecule has 0 radical (unpaired) electrons. The quantitative estimate of drug-likeness (QED) is 0.592. The van der Waals surface area contributed by atoms with Gasteiger partial charge in [-0.15, -0.1) is 11.8 Å². The second-order valence-electron chi connectivity index (χ2n) is 6.48. The van der Waals surface area contributed by atoms with E-state index in [1.165, 1.54) is 0 Å². The molecular weight excluding hydrogens is 262 g/mol. The number of carbonyl (C=O) groups excluding carboxylic acids is 1. The Morgan fingerprint density at radius 3 is 2.79 bits per heavy atom. The Kier molecular flexibility index (Phi) is 3.13. The fourth-order valence-electron chi connectivity index (χ4n) is 3.68. The number of hydrogen-bond acceptors (Lipinski definition) is 5. The van der Waals surface area contributed by atoms with Gasteiger partial charge >= 0.3 is 0 Å². The molecule has 1 saturated heterocycles. The summed E-state index contributed by atoms with van der Waals surface area (Å²) in [5, 5.41) is 16.3. The predicted octanol–water partition coefficient (Wildman–Crippen LogP) is 0.132. The fraction of sp³-hybridized carbons (Fsp3) is 0.923. The third-order valence-electron chi connectivity index (χ3n) is 5.16. The zero-order chi connectivity index (χ0) is 13.8. The summed E-state index contributed by atoms with van der Waals surface area (Å²) >= 11 is 1.64. The maximum Gasteiger partial charge on any atom is 0.237 e. The smallest absolute Gasteiger partial charge is 0.237 e. The van der Waals surface area contributed by atoms with Crippen molar-refractivity contribution in [1.82, 2.24) is 10.6 Å². The van der Waals surface area contributed by atoms with Crippen LogP contribution in [0, 0.1) is 5.92 Å². The highest BCUT2D eigenvalue weighted by atomic mass is 32.2. The molecule has 2 aliphatic carbocycles. The minimum atomic E-state index is -0.337. The van der Waals surface area contributed by atoms with Crippen LogP contribution in [0.4, 0.5) is 0 Å². The number of aliphatic hydroxyl groups excluding tert-OH is 1. The van der Waals surface area contributed by atoms with Gasteiger partial charge in [0.25, 0.3) is 0 Å². The van der Waals surface area contributed by atoms with E-state index >= 15 is 0 Å². The maximum atomic E-state index is 12.0. The molecule has 0 aromatic heterocycles. The van der Waals surface area contributed by atoms with Gasteiger partial charge < -0.3 is 16.2 Å². The minimum Gasteiger partial charge on any atom is -0.393 e. The maximum absolute atomic E-state index is 12.0. The summed E-state index contributed by atoms with van der Waals surface area (Å²) in [6.07, 6.45) is 3.05. The molecule has 5 nitrogen and oxygen atoms in total. The zero-order valence-electron chi connectivity index (χ0n) is 11.5. The second-order valence-corrected chi connectivity index (χ2v) is 8.09. The Balaban J connectivity index is 1.64. The van der Waals surface area contributed by atoms with Gasteiger partial charge in [0.2, 0.25) is 5.91 Å². The second kappa shape index (κ2) is 4.35. The van der Waals surface area contributed by atoms with Gasteiger partial charge in [-0.1, -0.05) is 6.92 Å². The largest absolute Gasteiger partial charge is 0.393 e. The topological polar surface area (TPSA) is 87.4 Å². The molecule has 108 valence electrons. The van der Waals surface area contributed by atoms with E-state index in [-0.39, 0.29) is 33.8 Å². The lowest BCUT2D eigenvalue weighted by atomic mass is 9.88. The monoisotopic (exact) mass is 285 g/mol. The fourth-order valence-corrected chi connectivity index (χ4v) is 4.93. The van der Waals surface area contributed by atoms with Crippen molar-refractivity contribution in [1.29, 1.82) is 0 Å². The highest BCUT2D eigenvalue weighted by Crippen LogP contribution is 2.47. The molecule has 2 saturated carbocycles. The highest BCUT2D eigenvalue weighted by molar-refractivity contribution is 8.02. The first-order valence-corrected chi connectivity index (χ1v) is 7.96. The molecule has 0 aromatic rings. The number of thioether (sulfide) groups is 1. The highest BCUT2D eigenvalue weighted by Gasteiger charge is 2.55. The van der Waals surface area contributed by atoms with Crippen molar-refractivity contribution in [2.75, 3.05) is 0 Å². The number of carbonyl (C=O) groups is 1. The van der Waals surface area contributed by atoms with Crippen LogP contribution in [-0.2, 0) is 4.79 Å². The van der Waals surface area contributed by atoms with Gasteiger partial charge in [-0.2, -0.15) is 0 Å². The van der Waals surface area contributed by atoms with Crippen molar-refractivity contribution in [2.45, 2.75) is 67.5 Å². The van der Waals surface area contributed by atoms with E-state index in [2.05, 4.69) is 10.6 Å². The van der Waals surface area contributed by atoms with Crippen molar-refractivity contribution in [3.8, 4) is 0 Å². The Morgan fingerprint density at radius 1 is 1.58 bits per heavy atom. The van der Waals surface area contributed by atoms with Crippen LogP contribution in [0.2, 0.25) is 0 Å². The van der Waals surface area contributed by atoms with Gasteiger partial charge in [0.15, 0.2) is 0 Å². The molecule has 2 bridgehead atoms. The summed E-state index contributed by atoms with van der Waals surface area (Å²) in [6.45, 7) is 4.02. The number of fused-ring (bicyclic) bond motifs is 2. The predicted molar refractivity (Wildman–Crippen MR) is 75.4 cm³/mol. The lowest BCUT2D eigenvalue weighted by Gasteiger charge is -2.35. The molecule has 5 N–H and O–H groups in total. The Hall–Kier alpha value is -0.300. The molecule has 3 aliphatic rings. The number of nitrogens with one attached hydrogen (secondary N) is 2. The third-order valence-corrected chi connectivity index (χ3v) is 6.64. The molecule has 1 unspecified atom stereocenters. The van der Waals surface area contributed by atoms with Crippen molar-refractivity contribution < 1.29 is 9.90 Å². The number of amides is 1. The van der Waals surface area contributed by atoms with Gasteiger partial charge in [0, 0.05) is 11.6 Å². The van der Waals surface area contributed by atoms with E-state index in [1.807, 2.05) is 13.8 Å². The molecule has 1 amide bonds. The van der Waals surface area contributed by atoms with E-state index in [0.29, 0.717) is 12.3 Å². The normalized spacial score (nSPS) is 52.7. The molecular formula is C13H23N3O2S. The molecule has 1 aliphatic heterocycles. The molecule has 1 heterocycles. The summed E-state index contributed by atoms with van der Waals surface area (Å²) in [5.74, 6) is 0.425. The lowest BCUT2D eigenvalue weighted by Crippen LogP contribution is -2.58. The summed E-state index contributed by atoms with van der Waals surface area (Å²) in [6, 6.07) is 0.193. The van der Waals surface area contributed by atoms with Gasteiger partial charge in [0.1, 0.15) is 5.50 Å². The molecule has 6 atom stereocenters. The minimum absolute atomic E-state index is 0.0561. The van der Waals surface area contributed by atoms with Crippen LogP contribution in [0.15, 0.2) is 0 Å². The van der Waals surface area contributed by atoms with Gasteiger partial charge in [-0.25, -0.2) is 0 Å². The van der Waals surface area contributed by atoms with Gasteiger partial charge in [0.05, 0.1) is 10.9 Å². The first-order chi connectivity index (χ1) is 8.86. The molecule has 0 aromatic carbocycles. The molecule has 6 heteroatoms. The van der Waals surface area contributed by atoms with Crippen LogP contribution in [-0.4, -0.2) is 38.9 Å². The summed E-state index contributed by atoms with van der Waals surface area (Å²) in [5.41, 5.74) is 6.04. The van der Waals surface area contributed by atoms with Crippen molar-refractivity contribution in [3.63, 3.8) is 0 Å². The first-order valence-electron chi connectivity index (χ1n) is 7.08. The average molecular weight is 285 g/mol. The molecule has 0 spiro atoms. The number of nitrogens with two attached hydrogens (primary N) is 1. The number of hydrogen-bond donors (Lipinski definition) is 4. The van der Waals surface area contributed by atoms with Gasteiger partial charge in [-0.3, -0.25) is 10.1 Å². The average Bonchev–Trinajstić information content (AvgIpc) is 2.89. The van der Waals surface area contributed by atoms with E-state index < -0.39 is 0 Å². The third kappa shape index (κ3) is 2.09. The Morgan fingerprint density at radius 2 is 2.32 bits per heavy atom. The number of rotatable bonds is 3. The van der Waals surface area contributed by atoms with Crippen LogP contribution < -0.4 is 16.4 Å². The van der Waals surface area contributed by atoms with Crippen molar-refractivity contribution in [2.24, 2.45) is 11.7 Å².